The number of unbranched alkanes of at least 4 members (excludes halogenated alkanes) is 3. The first-order valence-electron chi connectivity index (χ1n) is 9.63. The molecule has 0 aromatic rings. The van der Waals surface area contributed by atoms with E-state index in [-0.39, 0.29) is 53.9 Å². The van der Waals surface area contributed by atoms with Crippen molar-refractivity contribution in [3.63, 3.8) is 0 Å². The minimum Gasteiger partial charge on any atom is -0.495 e. The first-order chi connectivity index (χ1) is 12.0. The van der Waals surface area contributed by atoms with Crippen molar-refractivity contribution < 1.29 is 24.9 Å². The van der Waals surface area contributed by atoms with E-state index in [1.807, 2.05) is 18.2 Å². The van der Waals surface area contributed by atoms with Crippen LogP contribution in [0.4, 0.5) is 0 Å². The third-order valence-corrected chi connectivity index (χ3v) is 5.26. The summed E-state index contributed by atoms with van der Waals surface area (Å²) in [5.41, 5.74) is 0. The number of hydrogen-bond donors (Lipinski definition) is 3. The first kappa shape index (κ1) is 23.7. The van der Waals surface area contributed by atoms with Crippen molar-refractivity contribution in [1.82, 2.24) is 0 Å². The van der Waals surface area contributed by atoms with Crippen LogP contribution < -0.4 is 0 Å². The number of ether oxygens (including phenoxy) is 1. The smallest absolute Gasteiger partial charge is 0.303 e. The van der Waals surface area contributed by atoms with E-state index in [1.54, 1.807) is 0 Å². The maximum absolute atomic E-state index is 10.5. The molecule has 5 nitrogen and oxygen atoms in total. The molecule has 26 heavy (non-hydrogen) atoms. The molecule has 1 saturated heterocycles. The van der Waals surface area contributed by atoms with Gasteiger partial charge in [-0.2, -0.15) is 0 Å². The van der Waals surface area contributed by atoms with Crippen molar-refractivity contribution in [2.75, 3.05) is 0 Å². The molecule has 1 radical (unpaired) electrons. The predicted molar refractivity (Wildman–Crippen MR) is 102 cm³/mol. The third kappa shape index (κ3) is 7.35. The van der Waals surface area contributed by atoms with Gasteiger partial charge in [-0.15, -0.1) is 0 Å². The Morgan fingerprint density at radius 3 is 2.81 bits per heavy atom. The van der Waals surface area contributed by atoms with Crippen LogP contribution in [0.1, 0.15) is 64.7 Å². The van der Waals surface area contributed by atoms with Gasteiger partial charge in [0.25, 0.3) is 0 Å². The van der Waals surface area contributed by atoms with Crippen LogP contribution in [-0.4, -0.2) is 69.2 Å². The van der Waals surface area contributed by atoms with E-state index >= 15 is 0 Å². The Labute approximate surface area is 178 Å². The van der Waals surface area contributed by atoms with Gasteiger partial charge in [0.15, 0.2) is 0 Å². The molecule has 2 aliphatic rings. The van der Waals surface area contributed by atoms with Crippen LogP contribution >= 0.6 is 0 Å². The topological polar surface area (TPSA) is 87.0 Å². The maximum atomic E-state index is 10.5. The Kier molecular flexibility index (Phi) is 11.1. The van der Waals surface area contributed by atoms with Crippen LogP contribution in [0.25, 0.3) is 0 Å². The summed E-state index contributed by atoms with van der Waals surface area (Å²) in [6.07, 6.45) is 12.0. The van der Waals surface area contributed by atoms with Gasteiger partial charge in [-0.3, -0.25) is 4.79 Å². The molecular weight excluding hydrogens is 343 g/mol. The second kappa shape index (κ2) is 12.2. The van der Waals surface area contributed by atoms with Gasteiger partial charge in [-0.1, -0.05) is 38.3 Å². The second-order valence-corrected chi connectivity index (χ2v) is 7.31. The maximum Gasteiger partial charge on any atom is 0.303 e. The van der Waals surface area contributed by atoms with Crippen molar-refractivity contribution >= 4 is 35.5 Å². The number of carboxylic acid groups (broad SMARTS) is 1. The van der Waals surface area contributed by atoms with Gasteiger partial charge in [0.05, 0.1) is 18.0 Å². The summed E-state index contributed by atoms with van der Waals surface area (Å²) in [6, 6.07) is 0. The predicted octanol–water partition coefficient (Wildman–Crippen LogP) is 3.03. The summed E-state index contributed by atoms with van der Waals surface area (Å²) in [4.78, 5) is 10.5. The monoisotopic (exact) mass is 375 g/mol. The van der Waals surface area contributed by atoms with E-state index in [0.717, 1.165) is 37.9 Å². The van der Waals surface area contributed by atoms with Gasteiger partial charge >= 0.3 is 5.97 Å². The van der Waals surface area contributed by atoms with E-state index in [4.69, 9.17) is 9.84 Å². The van der Waals surface area contributed by atoms with Crippen LogP contribution in [0.5, 0.6) is 0 Å². The van der Waals surface area contributed by atoms with Crippen molar-refractivity contribution in [2.24, 2.45) is 11.8 Å². The van der Waals surface area contributed by atoms with Gasteiger partial charge in [-0.05, 0) is 25.3 Å². The molecule has 0 amide bonds. The van der Waals surface area contributed by atoms with Crippen molar-refractivity contribution in [3.8, 4) is 0 Å². The number of aliphatic hydroxyl groups excluding tert-OH is 2. The molecule has 2 fully saturated rings. The van der Waals surface area contributed by atoms with Crippen LogP contribution in [0.15, 0.2) is 24.0 Å². The molecule has 1 saturated carbocycles. The second-order valence-electron chi connectivity index (χ2n) is 7.31. The van der Waals surface area contributed by atoms with E-state index in [1.165, 1.54) is 0 Å². The minimum atomic E-state index is -0.770. The Morgan fingerprint density at radius 1 is 1.35 bits per heavy atom. The zero-order chi connectivity index (χ0) is 18.2. The SMILES string of the molecule is CCCCC[C@H](O)/C=C/[C@@H]1[C@H]2C/C(=C/CCCC(=O)O)O[C@H]2C[C@H]1O.[Na]. The normalized spacial score (nSPS) is 30.2. The molecule has 6 heteroatoms. The number of carboxylic acids is 1. The molecule has 5 atom stereocenters. The molecular formula is C20H32NaO5. The van der Waals surface area contributed by atoms with Crippen molar-refractivity contribution in [1.29, 1.82) is 0 Å². The molecule has 1 aliphatic carbocycles. The molecule has 3 N–H and O–H groups in total. The number of aliphatic hydroxyl groups is 2. The first-order valence-corrected chi connectivity index (χ1v) is 9.63. The average Bonchev–Trinajstić information content (AvgIpc) is 3.06. The summed E-state index contributed by atoms with van der Waals surface area (Å²) in [5.74, 6) is 0.429. The fourth-order valence-electron chi connectivity index (χ4n) is 3.86. The molecule has 143 valence electrons. The largest absolute Gasteiger partial charge is 0.495 e. The van der Waals surface area contributed by atoms with E-state index in [9.17, 15) is 15.0 Å². The van der Waals surface area contributed by atoms with Gasteiger partial charge in [-0.25, -0.2) is 0 Å². The number of fused-ring (bicyclic) bond motifs is 1. The number of rotatable bonds is 10. The van der Waals surface area contributed by atoms with Gasteiger partial charge < -0.3 is 20.1 Å². The van der Waals surface area contributed by atoms with Crippen LogP contribution in [-0.2, 0) is 9.53 Å². The quantitative estimate of drug-likeness (QED) is 0.310. The molecule has 0 aromatic heterocycles. The number of hydrogen-bond acceptors (Lipinski definition) is 4. The van der Waals surface area contributed by atoms with E-state index < -0.39 is 18.2 Å². The minimum absolute atomic E-state index is 0. The fraction of sp³-hybridized carbons (Fsp3) is 0.750. The summed E-state index contributed by atoms with van der Waals surface area (Å²) < 4.78 is 5.94. The Hall–Kier alpha value is -0.330. The van der Waals surface area contributed by atoms with Crippen molar-refractivity contribution in [3.05, 3.63) is 24.0 Å². The third-order valence-electron chi connectivity index (χ3n) is 5.26. The van der Waals surface area contributed by atoms with E-state index in [2.05, 4.69) is 6.92 Å². The van der Waals surface area contributed by atoms with Crippen LogP contribution in [0.3, 0.4) is 0 Å². The Morgan fingerprint density at radius 2 is 2.12 bits per heavy atom. The summed E-state index contributed by atoms with van der Waals surface area (Å²) in [6.45, 7) is 2.14. The molecule has 1 aliphatic heterocycles. The molecule has 0 spiro atoms. The average molecular weight is 375 g/mol. The molecule has 0 unspecified atom stereocenters. The van der Waals surface area contributed by atoms with Crippen LogP contribution in [0, 0.1) is 11.8 Å². The molecule has 2 rings (SSSR count). The summed E-state index contributed by atoms with van der Waals surface area (Å²) in [5, 5.41) is 29.0. The number of allylic oxidation sites excluding steroid dienone is 2. The molecule has 0 aromatic carbocycles. The summed E-state index contributed by atoms with van der Waals surface area (Å²) in [7, 11) is 0. The van der Waals surface area contributed by atoms with Crippen molar-refractivity contribution in [2.45, 2.75) is 83.0 Å². The van der Waals surface area contributed by atoms with Gasteiger partial charge in [0.2, 0.25) is 0 Å². The van der Waals surface area contributed by atoms with Crippen LogP contribution in [0.2, 0.25) is 0 Å². The Bertz CT molecular complexity index is 491. The van der Waals surface area contributed by atoms with E-state index in [0.29, 0.717) is 19.3 Å². The molecule has 1 heterocycles. The zero-order valence-corrected chi connectivity index (χ0v) is 18.1. The molecule has 0 bridgehead atoms. The standard InChI is InChI=1S/C20H32O5.Na/c1-2-3-4-7-14(21)10-11-16-17-12-15(8-5-6-9-20(23)24)25-19(17)13-18(16)22;/h8,10-11,14,16-19,21-22H,2-7,9,12-13H2,1H3,(H,23,24);/b11-10+,15-8-;/t14-,16+,17+,18+,19-;/m0./s1. The number of carbonyl (C=O) groups is 1. The fourth-order valence-corrected chi connectivity index (χ4v) is 3.86. The zero-order valence-electron chi connectivity index (χ0n) is 16.1. The van der Waals surface area contributed by atoms with Gasteiger partial charge in [0, 0.05) is 60.7 Å². The summed E-state index contributed by atoms with van der Waals surface area (Å²) >= 11 is 0. The van der Waals surface area contributed by atoms with Gasteiger partial charge in [0.1, 0.15) is 6.10 Å². The number of aliphatic carboxylic acids is 1. The Balaban J connectivity index is 0.00000338.